The number of aliphatic hydroxyl groups is 1. The quantitative estimate of drug-likeness (QED) is 0.460. The second-order valence-corrected chi connectivity index (χ2v) is 6.12. The molecule has 1 aromatic rings. The first-order valence-electron chi connectivity index (χ1n) is 8.05. The summed E-state index contributed by atoms with van der Waals surface area (Å²) in [5.41, 5.74) is -0.0845. The molecule has 1 unspecified atom stereocenters. The topological polar surface area (TPSA) is 116 Å². The Morgan fingerprint density at radius 2 is 1.86 bits per heavy atom. The van der Waals surface area contributed by atoms with Gasteiger partial charge < -0.3 is 25.2 Å². The molecule has 1 heterocycles. The fourth-order valence-corrected chi connectivity index (χ4v) is 2.63. The molecule has 12 heteroatoms. The molecule has 0 bridgehead atoms. The number of alkyl halides is 3. The average molecular weight is 426 g/mol. The molecule has 29 heavy (non-hydrogen) atoms. The Hall–Kier alpha value is -2.24. The van der Waals surface area contributed by atoms with Gasteiger partial charge in [-0.05, 0) is 17.7 Å². The number of carbonyl (C=O) groups excluding carboxylic acids is 2. The van der Waals surface area contributed by atoms with E-state index in [2.05, 4.69) is 4.74 Å². The van der Waals surface area contributed by atoms with E-state index in [1.54, 1.807) is 6.92 Å². The fraction of sp³-hybridized carbons (Fsp3) is 0.353. The van der Waals surface area contributed by atoms with Crippen molar-refractivity contribution in [1.29, 1.82) is 0 Å². The van der Waals surface area contributed by atoms with Gasteiger partial charge in [-0.1, -0.05) is 19.1 Å². The summed E-state index contributed by atoms with van der Waals surface area (Å²) in [6.07, 6.45) is -4.82. The van der Waals surface area contributed by atoms with Gasteiger partial charge in [-0.15, -0.1) is 13.2 Å². The van der Waals surface area contributed by atoms with E-state index < -0.39 is 53.7 Å². The maximum atomic E-state index is 12.6. The Bertz CT molecular complexity index is 810. The molecule has 154 valence electrons. The number of benzene rings is 1. The summed E-state index contributed by atoms with van der Waals surface area (Å²) in [5.74, 6) is -4.60. The van der Waals surface area contributed by atoms with Gasteiger partial charge in [0.25, 0.3) is 11.8 Å². The number of halogens is 3. The van der Waals surface area contributed by atoms with Crippen LogP contribution in [0.4, 0.5) is 13.2 Å². The minimum atomic E-state index is -4.82. The van der Waals surface area contributed by atoms with E-state index in [0.29, 0.717) is 5.56 Å². The van der Waals surface area contributed by atoms with Crippen molar-refractivity contribution in [3.8, 4) is 5.75 Å². The average Bonchev–Trinajstić information content (AvgIpc) is 2.58. The number of carboxylic acid groups (broad SMARTS) is 1. The number of hydrogen-bond acceptors (Lipinski definition) is 5. The van der Waals surface area contributed by atoms with Crippen molar-refractivity contribution >= 4 is 47.3 Å². The molecule has 1 aromatic carbocycles. The van der Waals surface area contributed by atoms with Crippen LogP contribution in [0.25, 0.3) is 0 Å². The van der Waals surface area contributed by atoms with Gasteiger partial charge in [-0.25, -0.2) is 0 Å². The number of nitrogens with zero attached hydrogens (tertiary/aromatic N) is 1. The SMILES string of the molecule is CC1CN(Cc2ccc(OC(F)(F)F)cc2)C(=O)C(C(=O)NCC(=O)O)=C1O.[NaH]. The maximum absolute atomic E-state index is 12.6. The second kappa shape index (κ2) is 9.99. The van der Waals surface area contributed by atoms with E-state index in [1.807, 2.05) is 5.32 Å². The number of carboxylic acids is 1. The number of rotatable bonds is 6. The number of carbonyl (C=O) groups is 3. The van der Waals surface area contributed by atoms with Crippen LogP contribution < -0.4 is 10.1 Å². The molecule has 0 radical (unpaired) electrons. The minimum absolute atomic E-state index is 0. The predicted molar refractivity (Wildman–Crippen MR) is 95.2 cm³/mol. The Morgan fingerprint density at radius 3 is 2.38 bits per heavy atom. The van der Waals surface area contributed by atoms with Crippen molar-refractivity contribution in [2.45, 2.75) is 19.8 Å². The van der Waals surface area contributed by atoms with Gasteiger partial charge in [0.1, 0.15) is 23.6 Å². The molecular weight excluding hydrogens is 408 g/mol. The first-order valence-corrected chi connectivity index (χ1v) is 8.05. The Kier molecular flexibility index (Phi) is 8.54. The van der Waals surface area contributed by atoms with Crippen molar-refractivity contribution in [3.63, 3.8) is 0 Å². The normalized spacial score (nSPS) is 16.9. The Labute approximate surface area is 185 Å². The molecule has 0 spiro atoms. The fourth-order valence-electron chi connectivity index (χ4n) is 2.63. The van der Waals surface area contributed by atoms with Crippen LogP contribution in [-0.4, -0.2) is 81.9 Å². The van der Waals surface area contributed by atoms with Gasteiger partial charge in [0.2, 0.25) is 0 Å². The summed E-state index contributed by atoms with van der Waals surface area (Å²) >= 11 is 0. The third kappa shape index (κ3) is 6.94. The zero-order valence-electron chi connectivity index (χ0n) is 14.6. The predicted octanol–water partition coefficient (Wildman–Crippen LogP) is 0.928. The molecule has 0 saturated heterocycles. The molecule has 1 aliphatic rings. The van der Waals surface area contributed by atoms with Crippen LogP contribution in [0.15, 0.2) is 35.6 Å². The standard InChI is InChI=1S/C17H17F3N2O6.Na.H/c1-9-7-22(8-10-2-4-11(5-3-10)28-17(18,19)20)16(27)13(14(9)25)15(26)21-6-12(23)24;;/h2-5,9,25H,6-8H2,1H3,(H,21,26)(H,23,24);;. The molecular formula is C17H18F3N2NaO6. The van der Waals surface area contributed by atoms with E-state index in [1.165, 1.54) is 17.0 Å². The summed E-state index contributed by atoms with van der Waals surface area (Å²) in [5, 5.41) is 20.7. The number of aliphatic carboxylic acids is 1. The van der Waals surface area contributed by atoms with Gasteiger partial charge in [0, 0.05) is 19.0 Å². The van der Waals surface area contributed by atoms with Crippen molar-refractivity contribution in [3.05, 3.63) is 41.2 Å². The van der Waals surface area contributed by atoms with Crippen molar-refractivity contribution < 1.29 is 42.5 Å². The van der Waals surface area contributed by atoms with Crippen LogP contribution in [-0.2, 0) is 20.9 Å². The molecule has 1 atom stereocenters. The van der Waals surface area contributed by atoms with E-state index >= 15 is 0 Å². The molecule has 0 aromatic heterocycles. The zero-order chi connectivity index (χ0) is 21.1. The van der Waals surface area contributed by atoms with Gasteiger partial charge in [-0.2, -0.15) is 0 Å². The van der Waals surface area contributed by atoms with Crippen molar-refractivity contribution in [1.82, 2.24) is 10.2 Å². The number of aliphatic hydroxyl groups excluding tert-OH is 1. The van der Waals surface area contributed by atoms with Crippen LogP contribution in [0.3, 0.4) is 0 Å². The first kappa shape index (κ1) is 24.8. The van der Waals surface area contributed by atoms with E-state index in [9.17, 15) is 32.7 Å². The van der Waals surface area contributed by atoms with Gasteiger partial charge in [-0.3, -0.25) is 14.4 Å². The number of amides is 2. The summed E-state index contributed by atoms with van der Waals surface area (Å²) in [6, 6.07) is 4.85. The van der Waals surface area contributed by atoms with Crippen LogP contribution in [0, 0.1) is 5.92 Å². The summed E-state index contributed by atoms with van der Waals surface area (Å²) < 4.78 is 40.4. The van der Waals surface area contributed by atoms with Crippen molar-refractivity contribution in [2.75, 3.05) is 13.1 Å². The third-order valence-corrected chi connectivity index (χ3v) is 3.88. The molecule has 0 saturated carbocycles. The summed E-state index contributed by atoms with van der Waals surface area (Å²) in [6.45, 7) is 0.886. The first-order chi connectivity index (χ1) is 13.0. The van der Waals surface area contributed by atoms with Crippen LogP contribution in [0.5, 0.6) is 5.75 Å². The second-order valence-electron chi connectivity index (χ2n) is 6.12. The Balaban J connectivity index is 0.00000420. The van der Waals surface area contributed by atoms with E-state index in [-0.39, 0.29) is 42.6 Å². The zero-order valence-corrected chi connectivity index (χ0v) is 14.6. The molecule has 8 nitrogen and oxygen atoms in total. The number of hydrogen-bond donors (Lipinski definition) is 3. The molecule has 2 amide bonds. The third-order valence-electron chi connectivity index (χ3n) is 3.88. The van der Waals surface area contributed by atoms with Crippen LogP contribution in [0.2, 0.25) is 0 Å². The number of nitrogens with one attached hydrogen (secondary N) is 1. The monoisotopic (exact) mass is 426 g/mol. The molecule has 1 aliphatic heterocycles. The van der Waals surface area contributed by atoms with Gasteiger partial charge in [0.15, 0.2) is 0 Å². The van der Waals surface area contributed by atoms with E-state index in [4.69, 9.17) is 5.11 Å². The summed E-state index contributed by atoms with van der Waals surface area (Å²) in [7, 11) is 0. The van der Waals surface area contributed by atoms with Crippen LogP contribution >= 0.6 is 0 Å². The Morgan fingerprint density at radius 1 is 1.28 bits per heavy atom. The van der Waals surface area contributed by atoms with Gasteiger partial charge in [0.05, 0.1) is 0 Å². The summed E-state index contributed by atoms with van der Waals surface area (Å²) in [4.78, 5) is 36.4. The molecule has 0 aliphatic carbocycles. The molecule has 2 rings (SSSR count). The van der Waals surface area contributed by atoms with Crippen LogP contribution in [0.1, 0.15) is 12.5 Å². The van der Waals surface area contributed by atoms with E-state index in [0.717, 1.165) is 12.1 Å². The molecule has 0 fully saturated rings. The van der Waals surface area contributed by atoms with Crippen molar-refractivity contribution in [2.24, 2.45) is 5.92 Å². The molecule has 3 N–H and O–H groups in total. The van der Waals surface area contributed by atoms with Gasteiger partial charge >= 0.3 is 41.9 Å². The number of ether oxygens (including phenoxy) is 1.